The lowest BCUT2D eigenvalue weighted by Crippen LogP contribution is -2.53. The summed E-state index contributed by atoms with van der Waals surface area (Å²) in [5.74, 6) is 0. The van der Waals surface area contributed by atoms with Crippen LogP contribution in [0.1, 0.15) is 44.5 Å². The first kappa shape index (κ1) is 16.0. The second kappa shape index (κ2) is 7.55. The second-order valence-corrected chi connectivity index (χ2v) is 6.84. The van der Waals surface area contributed by atoms with E-state index in [1.807, 2.05) is 11.3 Å². The maximum Gasteiger partial charge on any atom is 0.0594 e. The van der Waals surface area contributed by atoms with Crippen molar-refractivity contribution in [3.8, 4) is 0 Å². The molecule has 20 heavy (non-hydrogen) atoms. The quantitative estimate of drug-likeness (QED) is 0.876. The van der Waals surface area contributed by atoms with Gasteiger partial charge in [-0.05, 0) is 31.2 Å². The first-order valence-electron chi connectivity index (χ1n) is 7.94. The molecule has 0 radical (unpaired) electrons. The van der Waals surface area contributed by atoms with Crippen molar-refractivity contribution in [2.24, 2.45) is 5.73 Å². The Balaban J connectivity index is 2.02. The molecule has 1 aliphatic rings. The van der Waals surface area contributed by atoms with E-state index >= 15 is 0 Å². The van der Waals surface area contributed by atoms with E-state index in [-0.39, 0.29) is 6.04 Å². The Bertz CT molecular complexity index is 371. The van der Waals surface area contributed by atoms with Crippen molar-refractivity contribution >= 4 is 11.3 Å². The third kappa shape index (κ3) is 3.61. The zero-order valence-corrected chi connectivity index (χ0v) is 13.9. The van der Waals surface area contributed by atoms with Gasteiger partial charge >= 0.3 is 0 Å². The standard InChI is InChI=1S/C16H29N3S/c1-4-13(3)18-8-10-19(11-9-18)16(14(17)5-2)15-7-6-12-20-15/h6-7,12-14,16H,4-5,8-11,17H2,1-3H3. The summed E-state index contributed by atoms with van der Waals surface area (Å²) in [4.78, 5) is 6.63. The third-order valence-electron chi connectivity index (χ3n) is 4.67. The Morgan fingerprint density at radius 1 is 1.15 bits per heavy atom. The van der Waals surface area contributed by atoms with Gasteiger partial charge in [0.15, 0.2) is 0 Å². The molecule has 1 fully saturated rings. The van der Waals surface area contributed by atoms with Crippen LogP contribution in [0.3, 0.4) is 0 Å². The lowest BCUT2D eigenvalue weighted by molar-refractivity contribution is 0.0640. The number of rotatable bonds is 6. The van der Waals surface area contributed by atoms with Crippen molar-refractivity contribution in [2.75, 3.05) is 26.2 Å². The highest BCUT2D eigenvalue weighted by Gasteiger charge is 2.30. The van der Waals surface area contributed by atoms with E-state index in [4.69, 9.17) is 5.73 Å². The van der Waals surface area contributed by atoms with Gasteiger partial charge in [-0.15, -0.1) is 11.3 Å². The van der Waals surface area contributed by atoms with Crippen LogP contribution >= 0.6 is 11.3 Å². The van der Waals surface area contributed by atoms with Gasteiger partial charge in [-0.3, -0.25) is 9.80 Å². The fraction of sp³-hybridized carbons (Fsp3) is 0.750. The Morgan fingerprint density at radius 3 is 2.30 bits per heavy atom. The molecule has 1 aromatic rings. The molecule has 0 bridgehead atoms. The molecule has 2 heterocycles. The zero-order chi connectivity index (χ0) is 14.5. The van der Waals surface area contributed by atoms with Crippen LogP contribution in [-0.4, -0.2) is 48.1 Å². The van der Waals surface area contributed by atoms with Crippen molar-refractivity contribution in [1.29, 1.82) is 0 Å². The normalized spacial score (nSPS) is 22.6. The van der Waals surface area contributed by atoms with Gasteiger partial charge < -0.3 is 5.73 Å². The first-order chi connectivity index (χ1) is 9.67. The van der Waals surface area contributed by atoms with Crippen LogP contribution in [0, 0.1) is 0 Å². The molecule has 0 aromatic carbocycles. The number of nitrogens with zero attached hydrogens (tertiary/aromatic N) is 2. The van der Waals surface area contributed by atoms with Crippen molar-refractivity contribution < 1.29 is 0 Å². The summed E-state index contributed by atoms with van der Waals surface area (Å²) in [6, 6.07) is 5.73. The Labute approximate surface area is 127 Å². The van der Waals surface area contributed by atoms with Crippen molar-refractivity contribution in [2.45, 2.75) is 51.7 Å². The summed E-state index contributed by atoms with van der Waals surface area (Å²) in [6.45, 7) is 11.4. The van der Waals surface area contributed by atoms with E-state index < -0.39 is 0 Å². The van der Waals surface area contributed by atoms with E-state index in [0.29, 0.717) is 12.1 Å². The highest BCUT2D eigenvalue weighted by molar-refractivity contribution is 7.10. The number of hydrogen-bond donors (Lipinski definition) is 1. The summed E-state index contributed by atoms with van der Waals surface area (Å²) in [7, 11) is 0. The summed E-state index contributed by atoms with van der Waals surface area (Å²) in [5, 5.41) is 2.17. The van der Waals surface area contributed by atoms with Gasteiger partial charge in [-0.2, -0.15) is 0 Å². The topological polar surface area (TPSA) is 32.5 Å². The van der Waals surface area contributed by atoms with Gasteiger partial charge in [0.2, 0.25) is 0 Å². The molecule has 2 N–H and O–H groups in total. The largest absolute Gasteiger partial charge is 0.326 e. The van der Waals surface area contributed by atoms with Gasteiger partial charge in [-0.1, -0.05) is 19.9 Å². The Morgan fingerprint density at radius 2 is 1.80 bits per heavy atom. The first-order valence-corrected chi connectivity index (χ1v) is 8.82. The molecule has 1 aromatic heterocycles. The van der Waals surface area contributed by atoms with Crippen molar-refractivity contribution in [1.82, 2.24) is 9.80 Å². The molecule has 1 aliphatic heterocycles. The SMILES string of the molecule is CCC(N)C(c1cccs1)N1CCN(C(C)CC)CC1. The molecule has 3 atom stereocenters. The van der Waals surface area contributed by atoms with Crippen LogP contribution in [0.5, 0.6) is 0 Å². The molecule has 0 saturated carbocycles. The number of hydrogen-bond acceptors (Lipinski definition) is 4. The van der Waals surface area contributed by atoms with E-state index in [2.05, 4.69) is 48.1 Å². The Kier molecular flexibility index (Phi) is 6.02. The molecule has 3 nitrogen and oxygen atoms in total. The van der Waals surface area contributed by atoms with Crippen LogP contribution in [0.25, 0.3) is 0 Å². The minimum absolute atomic E-state index is 0.240. The summed E-state index contributed by atoms with van der Waals surface area (Å²) < 4.78 is 0. The average molecular weight is 295 g/mol. The fourth-order valence-electron chi connectivity index (χ4n) is 3.06. The molecule has 0 spiro atoms. The molecule has 4 heteroatoms. The fourth-order valence-corrected chi connectivity index (χ4v) is 3.99. The minimum atomic E-state index is 0.240. The van der Waals surface area contributed by atoms with Crippen LogP contribution in [-0.2, 0) is 0 Å². The zero-order valence-electron chi connectivity index (χ0n) is 13.1. The molecule has 1 saturated heterocycles. The van der Waals surface area contributed by atoms with Crippen LogP contribution < -0.4 is 5.73 Å². The molecule has 0 aliphatic carbocycles. The summed E-state index contributed by atoms with van der Waals surface area (Å²) >= 11 is 1.84. The van der Waals surface area contributed by atoms with Gasteiger partial charge in [0.05, 0.1) is 6.04 Å². The lowest BCUT2D eigenvalue weighted by Gasteiger charge is -2.42. The van der Waals surface area contributed by atoms with Crippen molar-refractivity contribution in [3.63, 3.8) is 0 Å². The highest BCUT2D eigenvalue weighted by Crippen LogP contribution is 2.29. The number of thiophene rings is 1. The number of piperazine rings is 1. The molecule has 2 rings (SSSR count). The van der Waals surface area contributed by atoms with E-state index in [1.165, 1.54) is 24.4 Å². The predicted octanol–water partition coefficient (Wildman–Crippen LogP) is 2.94. The smallest absolute Gasteiger partial charge is 0.0594 e. The van der Waals surface area contributed by atoms with Crippen LogP contribution in [0.2, 0.25) is 0 Å². The average Bonchev–Trinajstić information content (AvgIpc) is 3.01. The summed E-state index contributed by atoms with van der Waals surface area (Å²) in [5.41, 5.74) is 6.41. The third-order valence-corrected chi connectivity index (χ3v) is 5.61. The van der Waals surface area contributed by atoms with Crippen LogP contribution in [0.15, 0.2) is 17.5 Å². The van der Waals surface area contributed by atoms with Crippen LogP contribution in [0.4, 0.5) is 0 Å². The van der Waals surface area contributed by atoms with E-state index in [1.54, 1.807) is 0 Å². The maximum atomic E-state index is 6.41. The predicted molar refractivity (Wildman–Crippen MR) is 88.2 cm³/mol. The highest BCUT2D eigenvalue weighted by atomic mass is 32.1. The van der Waals surface area contributed by atoms with Gasteiger partial charge in [-0.25, -0.2) is 0 Å². The molecule has 0 amide bonds. The molecular weight excluding hydrogens is 266 g/mol. The minimum Gasteiger partial charge on any atom is -0.326 e. The molecule has 114 valence electrons. The van der Waals surface area contributed by atoms with Crippen molar-refractivity contribution in [3.05, 3.63) is 22.4 Å². The van der Waals surface area contributed by atoms with E-state index in [0.717, 1.165) is 19.5 Å². The second-order valence-electron chi connectivity index (χ2n) is 5.86. The maximum absolute atomic E-state index is 6.41. The number of nitrogens with two attached hydrogens (primary N) is 1. The molecular formula is C16H29N3S. The Hall–Kier alpha value is -0.420. The molecule has 3 unspecified atom stereocenters. The van der Waals surface area contributed by atoms with Gasteiger partial charge in [0.25, 0.3) is 0 Å². The summed E-state index contributed by atoms with van der Waals surface area (Å²) in [6.07, 6.45) is 2.27. The van der Waals surface area contributed by atoms with Gasteiger partial charge in [0, 0.05) is 43.1 Å². The lowest BCUT2D eigenvalue weighted by atomic mass is 10.0. The monoisotopic (exact) mass is 295 g/mol. The van der Waals surface area contributed by atoms with E-state index in [9.17, 15) is 0 Å². The van der Waals surface area contributed by atoms with Gasteiger partial charge in [0.1, 0.15) is 0 Å².